The van der Waals surface area contributed by atoms with Gasteiger partial charge in [-0.05, 0) is 6.42 Å². The molecule has 136 valence electrons. The third-order valence-corrected chi connectivity index (χ3v) is 4.17. The number of hydrogen-bond donors (Lipinski definition) is 2. The smallest absolute Gasteiger partial charge is 0.238 e. The predicted molar refractivity (Wildman–Crippen MR) is 96.9 cm³/mol. The Morgan fingerprint density at radius 3 is 1.39 bits per heavy atom. The van der Waals surface area contributed by atoms with Gasteiger partial charge in [0.05, 0.1) is 0 Å². The Hall–Kier alpha value is -1.06. The van der Waals surface area contributed by atoms with Crippen LogP contribution in [0.5, 0.6) is 0 Å². The first-order valence-corrected chi connectivity index (χ1v) is 9.78. The summed E-state index contributed by atoms with van der Waals surface area (Å²) in [6.45, 7) is 4.02. The van der Waals surface area contributed by atoms with Crippen molar-refractivity contribution >= 4 is 11.8 Å². The van der Waals surface area contributed by atoms with Crippen molar-refractivity contribution in [1.29, 1.82) is 0 Å². The average molecular weight is 327 g/mol. The maximum atomic E-state index is 11.4. The number of hydrazine groups is 1. The minimum atomic E-state index is -0.149. The molecule has 0 saturated carbocycles. The molecule has 2 amide bonds. The molecule has 0 unspecified atom stereocenters. The van der Waals surface area contributed by atoms with Crippen molar-refractivity contribution in [3.8, 4) is 0 Å². The summed E-state index contributed by atoms with van der Waals surface area (Å²) in [7, 11) is 0. The molecule has 0 spiro atoms. The Bertz CT molecular complexity index is 293. The van der Waals surface area contributed by atoms with Crippen LogP contribution in [0.2, 0.25) is 0 Å². The van der Waals surface area contributed by atoms with Gasteiger partial charge in [-0.3, -0.25) is 20.4 Å². The lowest BCUT2D eigenvalue weighted by Crippen LogP contribution is -2.41. The van der Waals surface area contributed by atoms with Crippen molar-refractivity contribution in [1.82, 2.24) is 10.9 Å². The number of amides is 2. The van der Waals surface area contributed by atoms with Crippen LogP contribution in [0.3, 0.4) is 0 Å². The molecule has 0 aromatic rings. The number of hydrogen-bond acceptors (Lipinski definition) is 2. The SMILES string of the molecule is CCCCCCCCCCCCCCCC(=O)NNC(=O)CC. The summed E-state index contributed by atoms with van der Waals surface area (Å²) in [4.78, 5) is 22.4. The Balaban J connectivity index is 3.15. The van der Waals surface area contributed by atoms with E-state index >= 15 is 0 Å². The Labute approximate surface area is 143 Å². The minimum Gasteiger partial charge on any atom is -0.273 e. The van der Waals surface area contributed by atoms with E-state index in [1.165, 1.54) is 70.6 Å². The Morgan fingerprint density at radius 2 is 0.957 bits per heavy atom. The molecular weight excluding hydrogens is 288 g/mol. The number of carbonyl (C=O) groups is 2. The van der Waals surface area contributed by atoms with Gasteiger partial charge < -0.3 is 0 Å². The second-order valence-electron chi connectivity index (χ2n) is 6.44. The molecule has 0 aromatic carbocycles. The highest BCUT2D eigenvalue weighted by Gasteiger charge is 2.02. The summed E-state index contributed by atoms with van der Waals surface area (Å²) in [5.41, 5.74) is 4.83. The van der Waals surface area contributed by atoms with E-state index < -0.39 is 0 Å². The molecule has 0 heterocycles. The largest absolute Gasteiger partial charge is 0.273 e. The van der Waals surface area contributed by atoms with Crippen molar-refractivity contribution < 1.29 is 9.59 Å². The monoisotopic (exact) mass is 326 g/mol. The second-order valence-corrected chi connectivity index (χ2v) is 6.44. The first-order valence-electron chi connectivity index (χ1n) is 9.78. The molecule has 23 heavy (non-hydrogen) atoms. The van der Waals surface area contributed by atoms with Crippen LogP contribution in [0.25, 0.3) is 0 Å². The molecule has 0 bridgehead atoms. The first kappa shape index (κ1) is 21.9. The Kier molecular flexibility index (Phi) is 16.5. The molecule has 4 heteroatoms. The summed E-state index contributed by atoms with van der Waals surface area (Å²) in [6, 6.07) is 0. The van der Waals surface area contributed by atoms with Gasteiger partial charge in [-0.15, -0.1) is 0 Å². The fourth-order valence-corrected chi connectivity index (χ4v) is 2.59. The van der Waals surface area contributed by atoms with Gasteiger partial charge >= 0.3 is 0 Å². The molecule has 0 radical (unpaired) electrons. The maximum Gasteiger partial charge on any atom is 0.238 e. The molecule has 0 aliphatic carbocycles. The number of unbranched alkanes of at least 4 members (excludes halogenated alkanes) is 12. The van der Waals surface area contributed by atoms with E-state index in [1.54, 1.807) is 6.92 Å². The normalized spacial score (nSPS) is 10.5. The van der Waals surface area contributed by atoms with E-state index in [2.05, 4.69) is 17.8 Å². The van der Waals surface area contributed by atoms with Crippen LogP contribution in [-0.2, 0) is 9.59 Å². The number of rotatable bonds is 15. The summed E-state index contributed by atoms with van der Waals surface area (Å²) < 4.78 is 0. The van der Waals surface area contributed by atoms with Crippen LogP contribution in [0.1, 0.15) is 110 Å². The molecule has 0 rings (SSSR count). The van der Waals surface area contributed by atoms with Crippen LogP contribution in [0.4, 0.5) is 0 Å². The molecule has 0 atom stereocenters. The molecule has 0 saturated heterocycles. The number of nitrogens with one attached hydrogen (secondary N) is 2. The summed E-state index contributed by atoms with van der Waals surface area (Å²) >= 11 is 0. The van der Waals surface area contributed by atoms with Crippen molar-refractivity contribution in [2.75, 3.05) is 0 Å². The van der Waals surface area contributed by atoms with Gasteiger partial charge in [0.1, 0.15) is 0 Å². The van der Waals surface area contributed by atoms with Gasteiger partial charge in [0.25, 0.3) is 0 Å². The van der Waals surface area contributed by atoms with Crippen molar-refractivity contribution in [2.24, 2.45) is 0 Å². The van der Waals surface area contributed by atoms with Gasteiger partial charge in [-0.1, -0.05) is 90.9 Å². The average Bonchev–Trinajstić information content (AvgIpc) is 2.56. The lowest BCUT2D eigenvalue weighted by atomic mass is 10.0. The van der Waals surface area contributed by atoms with Crippen LogP contribution in [-0.4, -0.2) is 11.8 Å². The first-order chi connectivity index (χ1) is 11.2. The van der Waals surface area contributed by atoms with Crippen molar-refractivity contribution in [2.45, 2.75) is 110 Å². The maximum absolute atomic E-state index is 11.4. The topological polar surface area (TPSA) is 58.2 Å². The molecule has 0 aliphatic rings. The third-order valence-electron chi connectivity index (χ3n) is 4.17. The van der Waals surface area contributed by atoms with Gasteiger partial charge in [0, 0.05) is 12.8 Å². The summed E-state index contributed by atoms with van der Waals surface area (Å²) in [5, 5.41) is 0. The standard InChI is InChI=1S/C19H38N2O2/c1-3-5-6-7-8-9-10-11-12-13-14-15-16-17-19(23)21-20-18(22)4-2/h3-17H2,1-2H3,(H,20,22)(H,21,23). The molecule has 0 fully saturated rings. The Morgan fingerprint density at radius 1 is 0.565 bits per heavy atom. The van der Waals surface area contributed by atoms with E-state index in [-0.39, 0.29) is 11.8 Å². The fourth-order valence-electron chi connectivity index (χ4n) is 2.59. The van der Waals surface area contributed by atoms with E-state index in [1.807, 2.05) is 0 Å². The second kappa shape index (κ2) is 17.3. The molecule has 0 aliphatic heterocycles. The van der Waals surface area contributed by atoms with E-state index in [0.717, 1.165) is 12.8 Å². The van der Waals surface area contributed by atoms with Gasteiger partial charge in [0.15, 0.2) is 0 Å². The molecular formula is C19H38N2O2. The molecule has 2 N–H and O–H groups in total. The van der Waals surface area contributed by atoms with Gasteiger partial charge in [0.2, 0.25) is 11.8 Å². The van der Waals surface area contributed by atoms with E-state index in [4.69, 9.17) is 0 Å². The van der Waals surface area contributed by atoms with Crippen LogP contribution >= 0.6 is 0 Å². The van der Waals surface area contributed by atoms with Crippen LogP contribution < -0.4 is 10.9 Å². The molecule has 0 aromatic heterocycles. The lowest BCUT2D eigenvalue weighted by Gasteiger charge is -2.06. The highest BCUT2D eigenvalue weighted by atomic mass is 16.2. The summed E-state index contributed by atoms with van der Waals surface area (Å²) in [5.74, 6) is -0.237. The number of carbonyl (C=O) groups excluding carboxylic acids is 2. The lowest BCUT2D eigenvalue weighted by molar-refractivity contribution is -0.128. The predicted octanol–water partition coefficient (Wildman–Crippen LogP) is 5.03. The van der Waals surface area contributed by atoms with Crippen molar-refractivity contribution in [3.05, 3.63) is 0 Å². The fraction of sp³-hybridized carbons (Fsp3) is 0.895. The minimum absolute atomic E-state index is 0.0881. The highest BCUT2D eigenvalue weighted by molar-refractivity contribution is 5.81. The molecule has 4 nitrogen and oxygen atoms in total. The van der Waals surface area contributed by atoms with Crippen LogP contribution in [0, 0.1) is 0 Å². The van der Waals surface area contributed by atoms with Gasteiger partial charge in [-0.2, -0.15) is 0 Å². The summed E-state index contributed by atoms with van der Waals surface area (Å²) in [6.07, 6.45) is 17.8. The highest BCUT2D eigenvalue weighted by Crippen LogP contribution is 2.12. The van der Waals surface area contributed by atoms with E-state index in [0.29, 0.717) is 12.8 Å². The third kappa shape index (κ3) is 17.1. The quantitative estimate of drug-likeness (QED) is 0.328. The zero-order valence-electron chi connectivity index (χ0n) is 15.4. The van der Waals surface area contributed by atoms with Gasteiger partial charge in [-0.25, -0.2) is 0 Å². The van der Waals surface area contributed by atoms with Crippen molar-refractivity contribution in [3.63, 3.8) is 0 Å². The zero-order valence-corrected chi connectivity index (χ0v) is 15.4. The zero-order chi connectivity index (χ0) is 17.2. The van der Waals surface area contributed by atoms with E-state index in [9.17, 15) is 9.59 Å². The van der Waals surface area contributed by atoms with Crippen LogP contribution in [0.15, 0.2) is 0 Å².